The van der Waals surface area contributed by atoms with E-state index < -0.39 is 5.97 Å². The van der Waals surface area contributed by atoms with Crippen molar-refractivity contribution in [2.24, 2.45) is 0 Å². The summed E-state index contributed by atoms with van der Waals surface area (Å²) in [5.41, 5.74) is 1.45. The number of carboxylic acids is 1. The summed E-state index contributed by atoms with van der Waals surface area (Å²) in [5.74, 6) is -0.531. The first kappa shape index (κ1) is 13.9. The molecule has 0 bridgehead atoms. The molecule has 1 aromatic rings. The monoisotopic (exact) mass is 263 g/mol. The smallest absolute Gasteiger partial charge is 0.339 e. The highest BCUT2D eigenvalue weighted by Crippen LogP contribution is 2.30. The SMILES string of the molecule is COc1ccc(CN2CCCC2(C)C)cc1C(=O)O. The van der Waals surface area contributed by atoms with E-state index in [9.17, 15) is 9.90 Å². The highest BCUT2D eigenvalue weighted by atomic mass is 16.5. The van der Waals surface area contributed by atoms with E-state index in [1.807, 2.05) is 6.07 Å². The zero-order valence-electron chi connectivity index (χ0n) is 11.8. The molecule has 1 aromatic carbocycles. The van der Waals surface area contributed by atoms with Gasteiger partial charge in [-0.15, -0.1) is 0 Å². The Morgan fingerprint density at radius 2 is 2.21 bits per heavy atom. The standard InChI is InChI=1S/C15H21NO3/c1-15(2)7-4-8-16(15)10-11-5-6-13(19-3)12(9-11)14(17)18/h5-6,9H,4,7-8,10H2,1-3H3,(H,17,18). The number of likely N-dealkylation sites (tertiary alicyclic amines) is 1. The lowest BCUT2D eigenvalue weighted by Gasteiger charge is -2.31. The molecule has 0 aliphatic carbocycles. The predicted molar refractivity (Wildman–Crippen MR) is 73.7 cm³/mol. The Morgan fingerprint density at radius 1 is 1.47 bits per heavy atom. The summed E-state index contributed by atoms with van der Waals surface area (Å²) in [6.07, 6.45) is 2.39. The fourth-order valence-electron chi connectivity index (χ4n) is 2.70. The molecule has 1 fully saturated rings. The van der Waals surface area contributed by atoms with Crippen LogP contribution in [0.15, 0.2) is 18.2 Å². The van der Waals surface area contributed by atoms with E-state index in [-0.39, 0.29) is 11.1 Å². The zero-order chi connectivity index (χ0) is 14.0. The Balaban J connectivity index is 2.22. The number of hydrogen-bond donors (Lipinski definition) is 1. The fraction of sp³-hybridized carbons (Fsp3) is 0.533. The van der Waals surface area contributed by atoms with Gasteiger partial charge in [0.15, 0.2) is 0 Å². The van der Waals surface area contributed by atoms with E-state index in [4.69, 9.17) is 4.74 Å². The molecule has 19 heavy (non-hydrogen) atoms. The van der Waals surface area contributed by atoms with E-state index in [0.29, 0.717) is 5.75 Å². The molecule has 0 unspecified atom stereocenters. The molecule has 0 saturated carbocycles. The fourth-order valence-corrected chi connectivity index (χ4v) is 2.70. The van der Waals surface area contributed by atoms with Crippen LogP contribution < -0.4 is 4.74 Å². The minimum absolute atomic E-state index is 0.198. The highest BCUT2D eigenvalue weighted by Gasteiger charge is 2.31. The van der Waals surface area contributed by atoms with Gasteiger partial charge in [0, 0.05) is 12.1 Å². The van der Waals surface area contributed by atoms with Gasteiger partial charge in [0.05, 0.1) is 7.11 Å². The van der Waals surface area contributed by atoms with Gasteiger partial charge in [-0.2, -0.15) is 0 Å². The van der Waals surface area contributed by atoms with E-state index in [1.165, 1.54) is 20.0 Å². The van der Waals surface area contributed by atoms with Gasteiger partial charge in [-0.25, -0.2) is 4.79 Å². The number of benzene rings is 1. The predicted octanol–water partition coefficient (Wildman–Crippen LogP) is 2.77. The van der Waals surface area contributed by atoms with E-state index in [0.717, 1.165) is 18.7 Å². The van der Waals surface area contributed by atoms with Crippen molar-refractivity contribution in [2.75, 3.05) is 13.7 Å². The van der Waals surface area contributed by atoms with Gasteiger partial charge >= 0.3 is 5.97 Å². The number of methoxy groups -OCH3 is 1. The first-order valence-electron chi connectivity index (χ1n) is 6.59. The van der Waals surface area contributed by atoms with Crippen molar-refractivity contribution in [3.63, 3.8) is 0 Å². The molecule has 1 heterocycles. The van der Waals surface area contributed by atoms with Gasteiger partial charge in [-0.3, -0.25) is 4.90 Å². The first-order valence-corrected chi connectivity index (χ1v) is 6.59. The summed E-state index contributed by atoms with van der Waals surface area (Å²) >= 11 is 0. The maximum Gasteiger partial charge on any atom is 0.339 e. The number of carboxylic acid groups (broad SMARTS) is 1. The second-order valence-corrected chi connectivity index (χ2v) is 5.68. The van der Waals surface area contributed by atoms with Crippen LogP contribution >= 0.6 is 0 Å². The van der Waals surface area contributed by atoms with Crippen LogP contribution in [0.4, 0.5) is 0 Å². The molecule has 1 aliphatic heterocycles. The minimum Gasteiger partial charge on any atom is -0.496 e. The second-order valence-electron chi connectivity index (χ2n) is 5.68. The summed E-state index contributed by atoms with van der Waals surface area (Å²) in [6.45, 7) is 6.34. The lowest BCUT2D eigenvalue weighted by Crippen LogP contribution is -2.37. The normalized spacial score (nSPS) is 18.5. The first-order chi connectivity index (χ1) is 8.94. The molecule has 2 rings (SSSR count). The number of aromatic carboxylic acids is 1. The Hall–Kier alpha value is -1.55. The molecule has 4 nitrogen and oxygen atoms in total. The van der Waals surface area contributed by atoms with Crippen molar-refractivity contribution in [1.82, 2.24) is 4.90 Å². The molecule has 4 heteroatoms. The minimum atomic E-state index is -0.945. The Labute approximate surface area is 114 Å². The van der Waals surface area contributed by atoms with Gasteiger partial charge in [0.1, 0.15) is 11.3 Å². The third-order valence-corrected chi connectivity index (χ3v) is 3.94. The number of ether oxygens (including phenoxy) is 1. The Kier molecular flexibility index (Phi) is 3.80. The third kappa shape index (κ3) is 2.89. The van der Waals surface area contributed by atoms with Crippen LogP contribution in [0.3, 0.4) is 0 Å². The number of nitrogens with zero attached hydrogens (tertiary/aromatic N) is 1. The van der Waals surface area contributed by atoms with Gasteiger partial charge < -0.3 is 9.84 Å². The second kappa shape index (κ2) is 5.21. The van der Waals surface area contributed by atoms with Crippen LogP contribution in [0.25, 0.3) is 0 Å². The highest BCUT2D eigenvalue weighted by molar-refractivity contribution is 5.91. The maximum atomic E-state index is 11.2. The molecule has 1 saturated heterocycles. The molecule has 1 aliphatic rings. The number of carbonyl (C=O) groups is 1. The summed E-state index contributed by atoms with van der Waals surface area (Å²) < 4.78 is 5.08. The Bertz CT molecular complexity index is 482. The van der Waals surface area contributed by atoms with Crippen molar-refractivity contribution >= 4 is 5.97 Å². The van der Waals surface area contributed by atoms with Crippen LogP contribution in [0.5, 0.6) is 5.75 Å². The van der Waals surface area contributed by atoms with Crippen LogP contribution in [-0.2, 0) is 6.54 Å². The van der Waals surface area contributed by atoms with Crippen molar-refractivity contribution < 1.29 is 14.6 Å². The summed E-state index contributed by atoms with van der Waals surface area (Å²) in [5, 5.41) is 9.19. The van der Waals surface area contributed by atoms with Crippen LogP contribution in [0.1, 0.15) is 42.6 Å². The largest absolute Gasteiger partial charge is 0.496 e. The molecule has 0 radical (unpaired) electrons. The molecule has 104 valence electrons. The van der Waals surface area contributed by atoms with Crippen molar-refractivity contribution in [1.29, 1.82) is 0 Å². The van der Waals surface area contributed by atoms with Crippen molar-refractivity contribution in [2.45, 2.75) is 38.8 Å². The zero-order valence-corrected chi connectivity index (χ0v) is 11.8. The molecular formula is C15H21NO3. The van der Waals surface area contributed by atoms with Crippen molar-refractivity contribution in [3.8, 4) is 5.75 Å². The third-order valence-electron chi connectivity index (χ3n) is 3.94. The average molecular weight is 263 g/mol. The van der Waals surface area contributed by atoms with E-state index in [1.54, 1.807) is 12.1 Å². The summed E-state index contributed by atoms with van der Waals surface area (Å²) in [7, 11) is 1.49. The maximum absolute atomic E-state index is 11.2. The number of rotatable bonds is 4. The van der Waals surface area contributed by atoms with Crippen LogP contribution in [0, 0.1) is 0 Å². The molecule has 0 spiro atoms. The van der Waals surface area contributed by atoms with Crippen molar-refractivity contribution in [3.05, 3.63) is 29.3 Å². The van der Waals surface area contributed by atoms with Gasteiger partial charge in [-0.1, -0.05) is 6.07 Å². The molecule has 0 amide bonds. The van der Waals surface area contributed by atoms with Gasteiger partial charge in [0.2, 0.25) is 0 Å². The summed E-state index contributed by atoms with van der Waals surface area (Å²) in [4.78, 5) is 13.6. The van der Waals surface area contributed by atoms with E-state index >= 15 is 0 Å². The van der Waals surface area contributed by atoms with Gasteiger partial charge in [-0.05, 0) is 50.9 Å². The topological polar surface area (TPSA) is 49.8 Å². The van der Waals surface area contributed by atoms with Gasteiger partial charge in [0.25, 0.3) is 0 Å². The quantitative estimate of drug-likeness (QED) is 0.907. The molecule has 0 aromatic heterocycles. The Morgan fingerprint density at radius 3 is 2.74 bits per heavy atom. The van der Waals surface area contributed by atoms with Crippen LogP contribution in [0.2, 0.25) is 0 Å². The summed E-state index contributed by atoms with van der Waals surface area (Å²) in [6, 6.07) is 5.40. The lowest BCUT2D eigenvalue weighted by molar-refractivity contribution is 0.0693. The lowest BCUT2D eigenvalue weighted by atomic mass is 10.0. The van der Waals surface area contributed by atoms with Crippen LogP contribution in [-0.4, -0.2) is 35.2 Å². The number of hydrogen-bond acceptors (Lipinski definition) is 3. The molecule has 0 atom stereocenters. The average Bonchev–Trinajstić information content (AvgIpc) is 2.68. The molecule has 1 N–H and O–H groups in total. The molecular weight excluding hydrogens is 242 g/mol. The van der Waals surface area contributed by atoms with E-state index in [2.05, 4.69) is 18.7 Å².